The van der Waals surface area contributed by atoms with Crippen LogP contribution >= 0.6 is 22.7 Å². The van der Waals surface area contributed by atoms with Crippen molar-refractivity contribution in [3.8, 4) is 26.6 Å². The topological polar surface area (TPSA) is 199 Å². The molecule has 1 unspecified atom stereocenters. The Hall–Kier alpha value is -6.37. The molecule has 1 fully saturated rings. The van der Waals surface area contributed by atoms with Gasteiger partial charge in [-0.05, 0) is 62.3 Å². The second kappa shape index (κ2) is 19.1. The van der Waals surface area contributed by atoms with Crippen molar-refractivity contribution in [1.29, 1.82) is 0 Å². The molecule has 5 atom stereocenters. The molecule has 16 nitrogen and oxygen atoms in total. The van der Waals surface area contributed by atoms with Gasteiger partial charge in [0.05, 0.1) is 53.7 Å². The van der Waals surface area contributed by atoms with E-state index < -0.39 is 41.5 Å². The third kappa shape index (κ3) is 9.74. The van der Waals surface area contributed by atoms with Crippen LogP contribution in [0.5, 0.6) is 0 Å². The van der Waals surface area contributed by atoms with Crippen molar-refractivity contribution in [1.82, 2.24) is 45.1 Å². The molecule has 1 saturated heterocycles. The van der Waals surface area contributed by atoms with Crippen LogP contribution < -0.4 is 10.6 Å². The lowest BCUT2D eigenvalue weighted by atomic mass is 9.85. The van der Waals surface area contributed by atoms with Gasteiger partial charge in [0, 0.05) is 53.7 Å². The van der Waals surface area contributed by atoms with E-state index in [1.807, 2.05) is 106 Å². The zero-order chi connectivity index (χ0) is 47.9. The number of hydrogen-bond donors (Lipinski definition) is 3. The van der Waals surface area contributed by atoms with E-state index in [0.717, 1.165) is 65.1 Å². The minimum Gasteiger partial charge on any atom is -0.469 e. The molecule has 3 amide bonds. The van der Waals surface area contributed by atoms with E-state index in [0.29, 0.717) is 11.6 Å². The number of aryl methyl sites for hydroxylation is 4. The van der Waals surface area contributed by atoms with Gasteiger partial charge in [0.25, 0.3) is 0 Å². The summed E-state index contributed by atoms with van der Waals surface area (Å²) in [5.41, 5.74) is 9.48. The first-order valence-electron chi connectivity index (χ1n) is 22.3. The number of aliphatic hydroxyl groups is 1. The van der Waals surface area contributed by atoms with Crippen LogP contribution in [0.2, 0.25) is 0 Å². The lowest BCUT2D eigenvalue weighted by molar-refractivity contribution is -0.144. The second-order valence-corrected chi connectivity index (χ2v) is 20.4. The molecular formula is C49H56N10O6S2. The zero-order valence-corrected chi connectivity index (χ0v) is 40.8. The number of thiazole rings is 1. The molecule has 4 aromatic heterocycles. The molecule has 2 aliphatic heterocycles. The van der Waals surface area contributed by atoms with E-state index in [9.17, 15) is 24.3 Å². The molecule has 6 heterocycles. The van der Waals surface area contributed by atoms with E-state index in [1.165, 1.54) is 12.0 Å². The third-order valence-corrected chi connectivity index (χ3v) is 14.8. The van der Waals surface area contributed by atoms with Gasteiger partial charge in [0.1, 0.15) is 29.0 Å². The van der Waals surface area contributed by atoms with Gasteiger partial charge < -0.3 is 25.4 Å². The average molecular weight is 945 g/mol. The highest BCUT2D eigenvalue weighted by Gasteiger charge is 2.45. The molecule has 67 heavy (non-hydrogen) atoms. The van der Waals surface area contributed by atoms with E-state index in [1.54, 1.807) is 33.6 Å². The van der Waals surface area contributed by atoms with E-state index in [-0.39, 0.29) is 50.2 Å². The fourth-order valence-electron chi connectivity index (χ4n) is 8.69. The largest absolute Gasteiger partial charge is 0.469 e. The molecule has 0 aliphatic carbocycles. The summed E-state index contributed by atoms with van der Waals surface area (Å²) in [6.07, 6.45) is 2.88. The van der Waals surface area contributed by atoms with E-state index in [4.69, 9.17) is 9.73 Å². The second-order valence-electron chi connectivity index (χ2n) is 18.4. The SMILES string of the molecule is COC(=O)C[C@@H]1N=C(c2ccc(-c3cnn(CCC(=O)NC(C(=O)N4C[C@H](O)C[C@H]4C(=O)N[C@@H](C)c4ccc(-c5scnc5C)cc4)C(C)(C)C)c3)cc2)c2c(sc(C)c2C)-n2c(C)nnc21. The number of aromatic nitrogens is 6. The number of thiophene rings is 1. The van der Waals surface area contributed by atoms with Crippen LogP contribution in [-0.2, 0) is 30.5 Å². The molecule has 2 aliphatic rings. The van der Waals surface area contributed by atoms with Crippen LogP contribution in [-0.4, -0.2) is 101 Å². The van der Waals surface area contributed by atoms with Gasteiger partial charge in [-0.3, -0.25) is 33.4 Å². The van der Waals surface area contributed by atoms with Crippen molar-refractivity contribution in [3.05, 3.63) is 111 Å². The molecule has 3 N–H and O–H groups in total. The van der Waals surface area contributed by atoms with E-state index in [2.05, 4.69) is 44.8 Å². The Bertz CT molecular complexity index is 2850. The minimum atomic E-state index is -0.957. The number of aliphatic hydroxyl groups excluding tert-OH is 1. The lowest BCUT2D eigenvalue weighted by Gasteiger charge is -2.35. The maximum absolute atomic E-state index is 14.3. The predicted molar refractivity (Wildman–Crippen MR) is 257 cm³/mol. The molecule has 8 rings (SSSR count). The number of ether oxygens (including phenoxy) is 1. The summed E-state index contributed by atoms with van der Waals surface area (Å²) < 4.78 is 8.72. The third-order valence-electron chi connectivity index (χ3n) is 12.6. The number of benzene rings is 2. The highest BCUT2D eigenvalue weighted by molar-refractivity contribution is 7.15. The Morgan fingerprint density at radius 3 is 2.31 bits per heavy atom. The molecule has 18 heteroatoms. The standard InChI is InChI=1S/C49H56N10O6S2/c1-26-29(4)67-48-41(26)42(53-37(21-40(62)65-9)45-56-55-30(5)59(45)48)33-14-12-32(13-15-33)35-22-51-57(23-35)19-18-39(61)54-44(49(6,7)8)47(64)58-24-36(60)20-38(58)46(63)52-27(2)31-10-16-34(17-11-31)43-28(3)50-25-66-43/h10-17,22-23,25,27,36-38,44,60H,18-21,24H2,1-9H3,(H,52,63)(H,54,61)/t27-,36+,37-,38-,44?/m0/s1. The summed E-state index contributed by atoms with van der Waals surface area (Å²) in [5, 5.41) is 31.0. The number of β-amino-alcohol motifs (C(OH)–C–C–N with tert-alkyl or cyclic N) is 1. The summed E-state index contributed by atoms with van der Waals surface area (Å²) >= 11 is 3.22. The van der Waals surface area contributed by atoms with Gasteiger partial charge in [0.15, 0.2) is 5.82 Å². The van der Waals surface area contributed by atoms with Gasteiger partial charge in [0.2, 0.25) is 17.7 Å². The number of rotatable bonds is 13. The van der Waals surface area contributed by atoms with Gasteiger partial charge in [-0.25, -0.2) is 4.98 Å². The van der Waals surface area contributed by atoms with Crippen molar-refractivity contribution in [3.63, 3.8) is 0 Å². The number of carbonyl (C=O) groups excluding carboxylic acids is 4. The first kappa shape index (κ1) is 47.1. The molecule has 0 saturated carbocycles. The number of nitrogens with one attached hydrogen (secondary N) is 2. The number of esters is 1. The fourth-order valence-corrected chi connectivity index (χ4v) is 10.7. The molecule has 6 aromatic rings. The van der Waals surface area contributed by atoms with Crippen LogP contribution in [0.15, 0.2) is 71.4 Å². The summed E-state index contributed by atoms with van der Waals surface area (Å²) in [5.74, 6) is -0.233. The Kier molecular flexibility index (Phi) is 13.4. The van der Waals surface area contributed by atoms with Gasteiger partial charge in [-0.2, -0.15) is 5.10 Å². The first-order valence-corrected chi connectivity index (χ1v) is 24.0. The minimum absolute atomic E-state index is 0.0148. The number of carbonyl (C=O) groups is 4. The summed E-state index contributed by atoms with van der Waals surface area (Å²) in [4.78, 5) is 67.3. The fraction of sp³-hybridized carbons (Fsp3) is 0.408. The summed E-state index contributed by atoms with van der Waals surface area (Å²) in [6.45, 7) is 15.7. The quantitative estimate of drug-likeness (QED) is 0.104. The monoisotopic (exact) mass is 944 g/mol. The summed E-state index contributed by atoms with van der Waals surface area (Å²) in [7, 11) is 1.36. The number of hydrogen-bond acceptors (Lipinski definition) is 13. The maximum atomic E-state index is 14.3. The highest BCUT2D eigenvalue weighted by Crippen LogP contribution is 2.40. The molecule has 0 radical (unpaired) electrons. The van der Waals surface area contributed by atoms with Crippen molar-refractivity contribution in [2.45, 2.75) is 111 Å². The van der Waals surface area contributed by atoms with Gasteiger partial charge >= 0.3 is 5.97 Å². The first-order chi connectivity index (χ1) is 31.9. The molecule has 0 spiro atoms. The highest BCUT2D eigenvalue weighted by atomic mass is 32.1. The summed E-state index contributed by atoms with van der Waals surface area (Å²) in [6, 6.07) is 13.1. The lowest BCUT2D eigenvalue weighted by Crippen LogP contribution is -2.57. The Labute approximate surface area is 397 Å². The van der Waals surface area contributed by atoms with Gasteiger partial charge in [-0.15, -0.1) is 32.9 Å². The number of fused-ring (bicyclic) bond motifs is 3. The predicted octanol–water partition coefficient (Wildman–Crippen LogP) is 6.76. The number of nitrogens with zero attached hydrogens (tertiary/aromatic N) is 8. The van der Waals surface area contributed by atoms with Crippen molar-refractivity contribution >= 4 is 52.1 Å². The van der Waals surface area contributed by atoms with Gasteiger partial charge in [-0.1, -0.05) is 69.3 Å². The number of amides is 3. The smallest absolute Gasteiger partial charge is 0.308 e. The number of likely N-dealkylation sites (tertiary alicyclic amines) is 1. The van der Waals surface area contributed by atoms with Crippen LogP contribution in [0, 0.1) is 33.1 Å². The van der Waals surface area contributed by atoms with Crippen molar-refractivity contribution in [2.75, 3.05) is 13.7 Å². The number of aliphatic imine (C=N–C) groups is 1. The molecule has 350 valence electrons. The normalized spacial score (nSPS) is 17.8. The zero-order valence-electron chi connectivity index (χ0n) is 39.2. The Morgan fingerprint density at radius 1 is 0.940 bits per heavy atom. The van der Waals surface area contributed by atoms with Crippen molar-refractivity contribution in [2.24, 2.45) is 10.4 Å². The van der Waals surface area contributed by atoms with Crippen LogP contribution in [0.3, 0.4) is 0 Å². The molecular weight excluding hydrogens is 889 g/mol. The molecule has 0 bridgehead atoms. The van der Waals surface area contributed by atoms with Crippen molar-refractivity contribution < 1.29 is 29.0 Å². The van der Waals surface area contributed by atoms with Crippen LogP contribution in [0.1, 0.15) is 104 Å². The van der Waals surface area contributed by atoms with E-state index >= 15 is 0 Å². The average Bonchev–Trinajstić information content (AvgIpc) is 4.15. The van der Waals surface area contributed by atoms with Crippen LogP contribution in [0.25, 0.3) is 26.6 Å². The van der Waals surface area contributed by atoms with Crippen LogP contribution in [0.4, 0.5) is 0 Å². The Morgan fingerprint density at radius 2 is 1.64 bits per heavy atom. The number of methoxy groups -OCH3 is 1. The maximum Gasteiger partial charge on any atom is 0.308 e. The Balaban J connectivity index is 0.915. The molecule has 2 aromatic carbocycles.